The van der Waals surface area contributed by atoms with E-state index in [4.69, 9.17) is 0 Å². The van der Waals surface area contributed by atoms with Crippen LogP contribution in [-0.2, 0) is 6.42 Å². The molecule has 2 rings (SSSR count). The SMILES string of the molecule is CSc1ccc2c(c1Br)C=CC2. The molecule has 0 saturated heterocycles. The van der Waals surface area contributed by atoms with Gasteiger partial charge in [-0.3, -0.25) is 0 Å². The van der Waals surface area contributed by atoms with Crippen molar-refractivity contribution in [1.82, 2.24) is 0 Å². The van der Waals surface area contributed by atoms with Gasteiger partial charge in [0.2, 0.25) is 0 Å². The van der Waals surface area contributed by atoms with E-state index in [9.17, 15) is 0 Å². The van der Waals surface area contributed by atoms with Gasteiger partial charge in [0.05, 0.1) is 0 Å². The van der Waals surface area contributed by atoms with Crippen LogP contribution in [0, 0.1) is 0 Å². The molecule has 1 aromatic carbocycles. The second-order valence-corrected chi connectivity index (χ2v) is 4.40. The highest BCUT2D eigenvalue weighted by Crippen LogP contribution is 2.34. The molecule has 0 fully saturated rings. The third-order valence-corrected chi connectivity index (χ3v) is 3.97. The minimum Gasteiger partial charge on any atom is -0.128 e. The molecule has 1 aromatic rings. The number of allylic oxidation sites excluding steroid dienone is 1. The topological polar surface area (TPSA) is 0 Å². The Morgan fingerprint density at radius 2 is 2.25 bits per heavy atom. The molecule has 0 nitrogen and oxygen atoms in total. The van der Waals surface area contributed by atoms with Crippen LogP contribution in [0.2, 0.25) is 0 Å². The maximum absolute atomic E-state index is 3.62. The second-order valence-electron chi connectivity index (χ2n) is 2.76. The Morgan fingerprint density at radius 3 is 3.00 bits per heavy atom. The third kappa shape index (κ3) is 1.23. The highest BCUT2D eigenvalue weighted by molar-refractivity contribution is 9.10. The van der Waals surface area contributed by atoms with Gasteiger partial charge in [-0.15, -0.1) is 11.8 Å². The van der Waals surface area contributed by atoms with Crippen molar-refractivity contribution in [3.8, 4) is 0 Å². The van der Waals surface area contributed by atoms with Crippen LogP contribution in [0.15, 0.2) is 27.6 Å². The molecule has 0 saturated carbocycles. The number of benzene rings is 1. The fourth-order valence-electron chi connectivity index (χ4n) is 1.43. The number of halogens is 1. The fraction of sp³-hybridized carbons (Fsp3) is 0.200. The lowest BCUT2D eigenvalue weighted by atomic mass is 10.1. The molecule has 0 amide bonds. The summed E-state index contributed by atoms with van der Waals surface area (Å²) in [7, 11) is 0. The molecule has 1 aliphatic rings. The molecular weight excluding hydrogens is 232 g/mol. The summed E-state index contributed by atoms with van der Waals surface area (Å²) in [5.74, 6) is 0. The van der Waals surface area contributed by atoms with Crippen molar-refractivity contribution < 1.29 is 0 Å². The van der Waals surface area contributed by atoms with Crippen molar-refractivity contribution >= 4 is 33.8 Å². The van der Waals surface area contributed by atoms with Crippen molar-refractivity contribution in [2.45, 2.75) is 11.3 Å². The Balaban J connectivity index is 2.60. The van der Waals surface area contributed by atoms with E-state index in [0.717, 1.165) is 6.42 Å². The van der Waals surface area contributed by atoms with Crippen LogP contribution < -0.4 is 0 Å². The van der Waals surface area contributed by atoms with Gasteiger partial charge >= 0.3 is 0 Å². The van der Waals surface area contributed by atoms with Crippen molar-refractivity contribution in [2.24, 2.45) is 0 Å². The van der Waals surface area contributed by atoms with Gasteiger partial charge in [-0.1, -0.05) is 18.2 Å². The average molecular weight is 241 g/mol. The summed E-state index contributed by atoms with van der Waals surface area (Å²) >= 11 is 5.40. The molecule has 0 N–H and O–H groups in total. The van der Waals surface area contributed by atoms with Gasteiger partial charge in [-0.2, -0.15) is 0 Å². The molecule has 1 aliphatic carbocycles. The van der Waals surface area contributed by atoms with Crippen LogP contribution in [0.1, 0.15) is 11.1 Å². The Hall–Kier alpha value is -0.210. The van der Waals surface area contributed by atoms with E-state index in [1.165, 1.54) is 20.5 Å². The molecule has 0 atom stereocenters. The third-order valence-electron chi connectivity index (χ3n) is 2.08. The first-order valence-electron chi connectivity index (χ1n) is 3.85. The normalized spacial score (nSPS) is 13.5. The highest BCUT2D eigenvalue weighted by atomic mass is 79.9. The van der Waals surface area contributed by atoms with Crippen molar-refractivity contribution in [3.63, 3.8) is 0 Å². The number of hydrogen-bond donors (Lipinski definition) is 0. The molecule has 0 aliphatic heterocycles. The van der Waals surface area contributed by atoms with Crippen molar-refractivity contribution in [2.75, 3.05) is 6.26 Å². The Bertz CT molecular complexity index is 342. The van der Waals surface area contributed by atoms with E-state index in [0.29, 0.717) is 0 Å². The summed E-state index contributed by atoms with van der Waals surface area (Å²) in [5.41, 5.74) is 2.79. The maximum Gasteiger partial charge on any atom is 0.0386 e. The quantitative estimate of drug-likeness (QED) is 0.675. The van der Waals surface area contributed by atoms with Gasteiger partial charge in [0.25, 0.3) is 0 Å². The molecule has 62 valence electrons. The molecule has 0 heterocycles. The van der Waals surface area contributed by atoms with Crippen LogP contribution in [0.4, 0.5) is 0 Å². The van der Waals surface area contributed by atoms with E-state index in [-0.39, 0.29) is 0 Å². The average Bonchev–Trinajstić information content (AvgIpc) is 2.53. The van der Waals surface area contributed by atoms with Crippen LogP contribution in [-0.4, -0.2) is 6.26 Å². The number of hydrogen-bond acceptors (Lipinski definition) is 1. The summed E-state index contributed by atoms with van der Waals surface area (Å²) in [4.78, 5) is 1.32. The first kappa shape index (κ1) is 8.39. The zero-order valence-electron chi connectivity index (χ0n) is 6.80. The van der Waals surface area contributed by atoms with E-state index in [1.54, 1.807) is 11.8 Å². The van der Waals surface area contributed by atoms with Crippen LogP contribution in [0.5, 0.6) is 0 Å². The number of fused-ring (bicyclic) bond motifs is 1. The molecule has 0 radical (unpaired) electrons. The largest absolute Gasteiger partial charge is 0.128 e. The van der Waals surface area contributed by atoms with Crippen molar-refractivity contribution in [3.05, 3.63) is 33.8 Å². The Kier molecular flexibility index (Phi) is 2.28. The monoisotopic (exact) mass is 240 g/mol. The minimum atomic E-state index is 1.09. The summed E-state index contributed by atoms with van der Waals surface area (Å²) < 4.78 is 1.25. The molecule has 0 bridgehead atoms. The lowest BCUT2D eigenvalue weighted by molar-refractivity contribution is 1.26. The number of rotatable bonds is 1. The Morgan fingerprint density at radius 1 is 1.42 bits per heavy atom. The second kappa shape index (κ2) is 3.27. The maximum atomic E-state index is 3.62. The first-order chi connectivity index (χ1) is 5.83. The zero-order valence-corrected chi connectivity index (χ0v) is 9.21. The predicted octanol–water partition coefficient (Wildman–Crippen LogP) is 3.74. The minimum absolute atomic E-state index is 1.09. The fourth-order valence-corrected chi connectivity index (χ4v) is 2.93. The van der Waals surface area contributed by atoms with E-state index in [1.807, 2.05) is 0 Å². The lowest BCUT2D eigenvalue weighted by Gasteiger charge is -2.05. The van der Waals surface area contributed by atoms with Gasteiger partial charge in [-0.05, 0) is 45.8 Å². The molecule has 0 unspecified atom stereocenters. The standard InChI is InChI=1S/C10H9BrS/c1-12-9-6-5-7-3-2-4-8(7)10(9)11/h2,4-6H,3H2,1H3. The number of thioether (sulfide) groups is 1. The smallest absolute Gasteiger partial charge is 0.0386 e. The van der Waals surface area contributed by atoms with Gasteiger partial charge < -0.3 is 0 Å². The lowest BCUT2D eigenvalue weighted by Crippen LogP contribution is -1.84. The molecule has 12 heavy (non-hydrogen) atoms. The summed E-state index contributed by atoms with van der Waals surface area (Å²) in [6.45, 7) is 0. The van der Waals surface area contributed by atoms with Gasteiger partial charge in [0, 0.05) is 9.37 Å². The summed E-state index contributed by atoms with van der Waals surface area (Å²) in [5, 5.41) is 0. The van der Waals surface area contributed by atoms with Gasteiger partial charge in [0.15, 0.2) is 0 Å². The van der Waals surface area contributed by atoms with E-state index in [2.05, 4.69) is 46.5 Å². The van der Waals surface area contributed by atoms with Crippen LogP contribution in [0.25, 0.3) is 6.08 Å². The van der Waals surface area contributed by atoms with Crippen molar-refractivity contribution in [1.29, 1.82) is 0 Å². The molecule has 2 heteroatoms. The Labute approximate surface area is 85.2 Å². The summed E-state index contributed by atoms with van der Waals surface area (Å²) in [6, 6.07) is 4.40. The molecule has 0 spiro atoms. The first-order valence-corrected chi connectivity index (χ1v) is 5.86. The molecular formula is C10H9BrS. The zero-order chi connectivity index (χ0) is 8.55. The highest BCUT2D eigenvalue weighted by Gasteiger charge is 2.10. The van der Waals surface area contributed by atoms with E-state index < -0.39 is 0 Å². The van der Waals surface area contributed by atoms with Crippen LogP contribution in [0.3, 0.4) is 0 Å². The summed E-state index contributed by atoms with van der Waals surface area (Å²) in [6.07, 6.45) is 7.59. The predicted molar refractivity (Wildman–Crippen MR) is 58.7 cm³/mol. The van der Waals surface area contributed by atoms with Gasteiger partial charge in [0.1, 0.15) is 0 Å². The van der Waals surface area contributed by atoms with E-state index >= 15 is 0 Å². The van der Waals surface area contributed by atoms with Crippen LogP contribution >= 0.6 is 27.7 Å². The molecule has 0 aromatic heterocycles. The van der Waals surface area contributed by atoms with Gasteiger partial charge in [-0.25, -0.2) is 0 Å².